The summed E-state index contributed by atoms with van der Waals surface area (Å²) in [6.45, 7) is 2.32. The molecule has 1 fully saturated rings. The highest BCUT2D eigenvalue weighted by Crippen LogP contribution is 2.40. The molecule has 0 spiro atoms. The summed E-state index contributed by atoms with van der Waals surface area (Å²) in [6, 6.07) is 8.85. The average Bonchev–Trinajstić information content (AvgIpc) is 2.49. The lowest BCUT2D eigenvalue weighted by atomic mass is 9.75. The Labute approximate surface area is 117 Å². The third-order valence-electron chi connectivity index (χ3n) is 4.66. The van der Waals surface area contributed by atoms with Gasteiger partial charge in [-0.2, -0.15) is 0 Å². The topological polar surface area (TPSA) is 21.3 Å². The van der Waals surface area contributed by atoms with Crippen molar-refractivity contribution in [3.63, 3.8) is 0 Å². The van der Waals surface area contributed by atoms with Crippen LogP contribution in [-0.4, -0.2) is 14.2 Å². The third kappa shape index (κ3) is 3.30. The second-order valence-electron chi connectivity index (χ2n) is 5.71. The molecule has 1 aromatic carbocycles. The fraction of sp³-hybridized carbons (Fsp3) is 0.647. The predicted octanol–water partition coefficient (Wildman–Crippen LogP) is 4.17. The molecule has 0 radical (unpaired) electrons. The molecule has 2 rings (SSSR count). The van der Waals surface area contributed by atoms with E-state index in [1.54, 1.807) is 7.11 Å². The molecule has 1 aliphatic rings. The molecule has 0 aliphatic heterocycles. The molecule has 1 N–H and O–H groups in total. The largest absolute Gasteiger partial charge is 0.496 e. The molecular weight excluding hydrogens is 234 g/mol. The van der Waals surface area contributed by atoms with E-state index in [-0.39, 0.29) is 0 Å². The summed E-state index contributed by atoms with van der Waals surface area (Å²) in [5.41, 5.74) is 1.31. The fourth-order valence-electron chi connectivity index (χ4n) is 3.57. The van der Waals surface area contributed by atoms with Crippen LogP contribution in [-0.2, 0) is 0 Å². The van der Waals surface area contributed by atoms with Crippen molar-refractivity contribution in [3.8, 4) is 5.75 Å². The number of benzene rings is 1. The Hall–Kier alpha value is -1.02. The molecule has 1 aromatic rings. The second-order valence-corrected chi connectivity index (χ2v) is 5.71. The van der Waals surface area contributed by atoms with E-state index in [1.165, 1.54) is 37.7 Å². The van der Waals surface area contributed by atoms with Gasteiger partial charge in [-0.25, -0.2) is 0 Å². The quantitative estimate of drug-likeness (QED) is 0.859. The van der Waals surface area contributed by atoms with Gasteiger partial charge in [0.2, 0.25) is 0 Å². The lowest BCUT2D eigenvalue weighted by Gasteiger charge is -2.35. The molecule has 0 bridgehead atoms. The number of para-hydroxylation sites is 1. The molecule has 0 saturated heterocycles. The first-order valence-corrected chi connectivity index (χ1v) is 7.60. The Kier molecular flexibility index (Phi) is 5.26. The molecule has 3 atom stereocenters. The van der Waals surface area contributed by atoms with Crippen LogP contribution in [0.15, 0.2) is 24.3 Å². The van der Waals surface area contributed by atoms with E-state index < -0.39 is 0 Å². The third-order valence-corrected chi connectivity index (χ3v) is 4.66. The Balaban J connectivity index is 2.19. The first-order chi connectivity index (χ1) is 9.30. The standard InChI is InChI=1S/C17H27NO/c1-4-13-8-7-9-14(12-13)17(18-2)15-10-5-6-11-16(15)19-3/h5-6,10-11,13-14,17-18H,4,7-9,12H2,1-3H3. The molecular formula is C17H27NO. The number of hydrogen-bond acceptors (Lipinski definition) is 2. The SMILES string of the molecule is CCC1CCCC(C(NC)c2ccccc2OC)C1. The highest BCUT2D eigenvalue weighted by molar-refractivity contribution is 5.36. The summed E-state index contributed by atoms with van der Waals surface area (Å²) in [7, 11) is 3.84. The Morgan fingerprint density at radius 1 is 1.32 bits per heavy atom. The van der Waals surface area contributed by atoms with Gasteiger partial charge < -0.3 is 10.1 Å². The molecule has 0 amide bonds. The number of ether oxygens (including phenoxy) is 1. The first kappa shape index (κ1) is 14.4. The fourth-order valence-corrected chi connectivity index (χ4v) is 3.57. The van der Waals surface area contributed by atoms with E-state index in [2.05, 4.69) is 37.5 Å². The van der Waals surface area contributed by atoms with Crippen LogP contribution in [0.5, 0.6) is 5.75 Å². The van der Waals surface area contributed by atoms with Gasteiger partial charge in [0.05, 0.1) is 7.11 Å². The molecule has 1 aliphatic carbocycles. The molecule has 106 valence electrons. The van der Waals surface area contributed by atoms with E-state index >= 15 is 0 Å². The van der Waals surface area contributed by atoms with Gasteiger partial charge in [0.25, 0.3) is 0 Å². The van der Waals surface area contributed by atoms with E-state index in [1.807, 2.05) is 6.07 Å². The molecule has 0 aromatic heterocycles. The molecule has 2 nitrogen and oxygen atoms in total. The molecule has 3 unspecified atom stereocenters. The molecule has 1 saturated carbocycles. The normalized spacial score (nSPS) is 25.0. The van der Waals surface area contributed by atoms with Gasteiger partial charge in [-0.05, 0) is 37.8 Å². The van der Waals surface area contributed by atoms with Crippen LogP contribution in [0.25, 0.3) is 0 Å². The minimum absolute atomic E-state index is 0.422. The van der Waals surface area contributed by atoms with Gasteiger partial charge in [0, 0.05) is 11.6 Å². The zero-order chi connectivity index (χ0) is 13.7. The lowest BCUT2D eigenvalue weighted by molar-refractivity contribution is 0.212. The summed E-state index contributed by atoms with van der Waals surface area (Å²) in [5.74, 6) is 2.66. The number of methoxy groups -OCH3 is 1. The van der Waals surface area contributed by atoms with Gasteiger partial charge in [0.1, 0.15) is 5.75 Å². The van der Waals surface area contributed by atoms with Crippen LogP contribution in [0.1, 0.15) is 50.6 Å². The smallest absolute Gasteiger partial charge is 0.123 e. The van der Waals surface area contributed by atoms with Crippen LogP contribution >= 0.6 is 0 Å². The number of hydrogen-bond donors (Lipinski definition) is 1. The first-order valence-electron chi connectivity index (χ1n) is 7.60. The maximum atomic E-state index is 5.53. The van der Waals surface area contributed by atoms with Crippen molar-refractivity contribution in [2.75, 3.05) is 14.2 Å². The Bertz CT molecular complexity index is 391. The Morgan fingerprint density at radius 3 is 2.79 bits per heavy atom. The van der Waals surface area contributed by atoms with Crippen LogP contribution in [0.2, 0.25) is 0 Å². The van der Waals surface area contributed by atoms with E-state index in [0.29, 0.717) is 6.04 Å². The monoisotopic (exact) mass is 261 g/mol. The maximum absolute atomic E-state index is 5.53. The van der Waals surface area contributed by atoms with Gasteiger partial charge >= 0.3 is 0 Å². The average molecular weight is 261 g/mol. The predicted molar refractivity (Wildman–Crippen MR) is 80.5 cm³/mol. The highest BCUT2D eigenvalue weighted by atomic mass is 16.5. The van der Waals surface area contributed by atoms with E-state index in [9.17, 15) is 0 Å². The maximum Gasteiger partial charge on any atom is 0.123 e. The van der Waals surface area contributed by atoms with E-state index in [0.717, 1.165) is 17.6 Å². The summed E-state index contributed by atoms with van der Waals surface area (Å²) < 4.78 is 5.53. The van der Waals surface area contributed by atoms with Crippen molar-refractivity contribution in [1.82, 2.24) is 5.32 Å². The van der Waals surface area contributed by atoms with Crippen LogP contribution in [0.3, 0.4) is 0 Å². The summed E-state index contributed by atoms with van der Waals surface area (Å²) in [4.78, 5) is 0. The van der Waals surface area contributed by atoms with Gasteiger partial charge in [-0.3, -0.25) is 0 Å². The molecule has 0 heterocycles. The number of nitrogens with one attached hydrogen (secondary N) is 1. The van der Waals surface area contributed by atoms with Crippen molar-refractivity contribution >= 4 is 0 Å². The van der Waals surface area contributed by atoms with Crippen molar-refractivity contribution in [1.29, 1.82) is 0 Å². The van der Waals surface area contributed by atoms with Crippen LogP contribution in [0, 0.1) is 11.8 Å². The van der Waals surface area contributed by atoms with Crippen LogP contribution < -0.4 is 10.1 Å². The second kappa shape index (κ2) is 6.95. The minimum Gasteiger partial charge on any atom is -0.496 e. The summed E-state index contributed by atoms with van der Waals surface area (Å²) >= 11 is 0. The minimum atomic E-state index is 0.422. The van der Waals surface area contributed by atoms with Crippen LogP contribution in [0.4, 0.5) is 0 Å². The van der Waals surface area contributed by atoms with Crippen molar-refractivity contribution in [3.05, 3.63) is 29.8 Å². The zero-order valence-electron chi connectivity index (χ0n) is 12.5. The lowest BCUT2D eigenvalue weighted by Crippen LogP contribution is -2.29. The van der Waals surface area contributed by atoms with Gasteiger partial charge in [-0.1, -0.05) is 44.4 Å². The van der Waals surface area contributed by atoms with Crippen molar-refractivity contribution in [2.24, 2.45) is 11.8 Å². The summed E-state index contributed by atoms with van der Waals surface area (Å²) in [5, 5.41) is 3.53. The van der Waals surface area contributed by atoms with Gasteiger partial charge in [-0.15, -0.1) is 0 Å². The highest BCUT2D eigenvalue weighted by Gasteiger charge is 2.29. The summed E-state index contributed by atoms with van der Waals surface area (Å²) in [6.07, 6.45) is 6.78. The van der Waals surface area contributed by atoms with E-state index in [4.69, 9.17) is 4.74 Å². The Morgan fingerprint density at radius 2 is 2.11 bits per heavy atom. The molecule has 2 heteroatoms. The van der Waals surface area contributed by atoms with Crippen molar-refractivity contribution in [2.45, 2.75) is 45.1 Å². The number of rotatable bonds is 5. The van der Waals surface area contributed by atoms with Crippen molar-refractivity contribution < 1.29 is 4.74 Å². The zero-order valence-corrected chi connectivity index (χ0v) is 12.5. The van der Waals surface area contributed by atoms with Gasteiger partial charge in [0.15, 0.2) is 0 Å². The molecule has 19 heavy (non-hydrogen) atoms.